The number of ether oxygens (including phenoxy) is 2. The minimum Gasteiger partial charge on any atom is -0.458 e. The summed E-state index contributed by atoms with van der Waals surface area (Å²) in [6.07, 6.45) is -0.181. The predicted octanol–water partition coefficient (Wildman–Crippen LogP) is 1.60. The van der Waals surface area contributed by atoms with E-state index in [1.807, 2.05) is 0 Å². The van der Waals surface area contributed by atoms with Gasteiger partial charge in [0, 0.05) is 32.7 Å². The van der Waals surface area contributed by atoms with Crippen LogP contribution in [0.1, 0.15) is 152 Å². The van der Waals surface area contributed by atoms with Crippen molar-refractivity contribution < 1.29 is 71.4 Å². The number of amides is 10. The van der Waals surface area contributed by atoms with E-state index in [-0.39, 0.29) is 53.9 Å². The molecule has 0 unspecified atom stereocenters. The monoisotopic (exact) mass is 1280 g/mol. The Labute approximate surface area is 534 Å². The van der Waals surface area contributed by atoms with E-state index in [4.69, 9.17) is 24.6 Å². The maximum atomic E-state index is 15.2. The third kappa shape index (κ3) is 14.8. The van der Waals surface area contributed by atoms with E-state index in [0.717, 1.165) is 0 Å². The molecule has 8 N–H and O–H groups in total. The zero-order chi connectivity index (χ0) is 68.1. The largest absolute Gasteiger partial charge is 0.458 e. The number of nitrogen functional groups attached to an aromatic ring is 1. The number of aromatic nitrogens is 1. The number of anilines is 1. The number of nitrogens with zero attached hydrogens (tertiary/aromatic N) is 5. The normalized spacial score (nSPS) is 26.8. The molecule has 4 saturated heterocycles. The molecule has 0 spiro atoms. The maximum absolute atomic E-state index is 15.2. The standard InChI is InChI=1S/C64H90N12O16/c1-15-29(5)44-61(86)75-25-19-21-38(75)59(84)73(13)27-40(77)66-46(31(7)17-3)63(88)90-35(11)48(57(82)69-44)71-55(80)37-24-23-33(9)53-50(37)68-51-42(43(65)52(79)34(10)54(51)92-53)56(81)72-49-36(12)91-64(89)47(32(8)18-4)67-41(78)28-74(14)60(85)39-22-20-26-76(39)62(87)45(30(6)16-2)70-58(49)83/h23-24,29-32,35-36,38-39,44-49H,15-22,25-28,65H2,1-14H3,(H,66,77)(H,67,78)(H,69,82)(H,70,83)(H,71,80)(H,72,81)/t29-,30-,31-,32-,35-,36-,38+,39+,44-,45-,46-,47-,48+,49+/m1/s1. The van der Waals surface area contributed by atoms with Gasteiger partial charge >= 0.3 is 11.9 Å². The molecular weight excluding hydrogens is 1190 g/mol. The number of fused-ring (bicyclic) bond motifs is 4. The van der Waals surface area contributed by atoms with E-state index in [0.29, 0.717) is 44.1 Å². The molecule has 6 aliphatic rings. The zero-order valence-corrected chi connectivity index (χ0v) is 55.1. The molecule has 0 aromatic heterocycles. The first-order valence-electron chi connectivity index (χ1n) is 31.9. The smallest absolute Gasteiger partial charge is 0.329 e. The first kappa shape index (κ1) is 70.7. The van der Waals surface area contributed by atoms with Gasteiger partial charge in [-0.3, -0.25) is 52.7 Å². The molecule has 0 bridgehead atoms. The van der Waals surface area contributed by atoms with Crippen LogP contribution in [0.2, 0.25) is 0 Å². The van der Waals surface area contributed by atoms with Gasteiger partial charge < -0.3 is 71.1 Å². The summed E-state index contributed by atoms with van der Waals surface area (Å²) >= 11 is 0. The molecule has 28 nitrogen and oxygen atoms in total. The number of nitrogens with two attached hydrogens (primary N) is 1. The fraction of sp³-hybridized carbons (Fsp3) is 0.625. The summed E-state index contributed by atoms with van der Waals surface area (Å²) < 4.78 is 18.3. The van der Waals surface area contributed by atoms with E-state index in [1.165, 1.54) is 66.6 Å². The second kappa shape index (κ2) is 29.7. The Morgan fingerprint density at radius 3 is 1.45 bits per heavy atom. The van der Waals surface area contributed by atoms with Crippen molar-refractivity contribution in [3.63, 3.8) is 0 Å². The van der Waals surface area contributed by atoms with E-state index in [2.05, 4.69) is 31.9 Å². The van der Waals surface area contributed by atoms with Gasteiger partial charge in [-0.15, -0.1) is 0 Å². The number of hydrogen-bond donors (Lipinski definition) is 7. The molecule has 28 heteroatoms. The van der Waals surface area contributed by atoms with Gasteiger partial charge in [0.25, 0.3) is 11.8 Å². The second-order valence-electron chi connectivity index (χ2n) is 25.3. The Bertz CT molecular complexity index is 3430. The van der Waals surface area contributed by atoms with Crippen molar-refractivity contribution in [3.8, 4) is 11.5 Å². The number of esters is 2. The van der Waals surface area contributed by atoms with Gasteiger partial charge in [-0.05, 0) is 88.7 Å². The molecule has 10 amide bonds. The highest BCUT2D eigenvalue weighted by atomic mass is 16.6. The topological polar surface area (TPSA) is 378 Å². The summed E-state index contributed by atoms with van der Waals surface area (Å²) in [5.41, 5.74) is 3.62. The Hall–Kier alpha value is -8.72. The van der Waals surface area contributed by atoms with Crippen LogP contribution in [0.4, 0.5) is 5.69 Å². The number of rotatable bonds is 12. The summed E-state index contributed by atoms with van der Waals surface area (Å²) in [5, 5.41) is 16.2. The number of likely N-dealkylation sites (N-methyl/N-ethyl adjacent to an activating group) is 2. The van der Waals surface area contributed by atoms with Crippen molar-refractivity contribution in [1.29, 1.82) is 0 Å². The number of carbonyl (C=O) groups is 12. The van der Waals surface area contributed by atoms with Crippen molar-refractivity contribution in [2.45, 2.75) is 195 Å². The highest BCUT2D eigenvalue weighted by Gasteiger charge is 2.46. The first-order valence-corrected chi connectivity index (χ1v) is 31.9. The van der Waals surface area contributed by atoms with E-state index < -0.39 is 191 Å². The summed E-state index contributed by atoms with van der Waals surface area (Å²) in [6, 6.07) is -7.94. The Morgan fingerprint density at radius 2 is 1.02 bits per heavy atom. The van der Waals surface area contributed by atoms with Gasteiger partial charge in [-0.1, -0.05) is 87.1 Å². The average Bonchev–Trinajstić information content (AvgIpc) is 0.909. The number of aryl methyl sites for hydroxylation is 1. The van der Waals surface area contributed by atoms with Crippen LogP contribution >= 0.6 is 0 Å². The molecule has 1 aromatic carbocycles. The summed E-state index contributed by atoms with van der Waals surface area (Å²) in [5.74, 6) is -12.3. The van der Waals surface area contributed by atoms with E-state index in [9.17, 15) is 47.9 Å². The number of nitrogens with one attached hydrogen (secondary N) is 6. The van der Waals surface area contributed by atoms with Crippen LogP contribution in [0.15, 0.2) is 21.3 Å². The van der Waals surface area contributed by atoms with Crippen LogP contribution in [0.5, 0.6) is 0 Å². The third-order valence-electron chi connectivity index (χ3n) is 18.8. The van der Waals surface area contributed by atoms with Crippen LogP contribution in [0.25, 0.3) is 22.6 Å². The number of benzene rings is 2. The highest BCUT2D eigenvalue weighted by molar-refractivity contribution is 6.10. The van der Waals surface area contributed by atoms with Gasteiger partial charge in [-0.25, -0.2) is 14.6 Å². The minimum atomic E-state index is -1.88. The third-order valence-corrected chi connectivity index (χ3v) is 18.8. The summed E-state index contributed by atoms with van der Waals surface area (Å²) in [7, 11) is 2.84. The lowest BCUT2D eigenvalue weighted by Gasteiger charge is -2.35. The molecule has 0 radical (unpaired) electrons. The quantitative estimate of drug-likeness (QED) is 0.0769. The van der Waals surface area contributed by atoms with E-state index >= 15 is 14.4 Å². The summed E-state index contributed by atoms with van der Waals surface area (Å²) in [6.45, 7) is 19.0. The molecule has 1 aromatic rings. The van der Waals surface area contributed by atoms with Crippen LogP contribution in [0.3, 0.4) is 0 Å². The van der Waals surface area contributed by atoms with Crippen molar-refractivity contribution in [3.05, 3.63) is 44.6 Å². The van der Waals surface area contributed by atoms with Crippen molar-refractivity contribution >= 4 is 87.8 Å². The highest BCUT2D eigenvalue weighted by Crippen LogP contribution is 2.35. The molecular formula is C64H90N12O16. The minimum absolute atomic E-state index is 0.0737. The fourth-order valence-corrected chi connectivity index (χ4v) is 12.1. The van der Waals surface area contributed by atoms with Gasteiger partial charge in [0.05, 0.1) is 29.9 Å². The SMILES string of the molecule is CC[C@@H](C)[C@H]1NC(=O)CN(C)C(=O)[C@@H]2CCCN2C(=O)[C@@H]([C@H](C)CC)NC(=O)[C@@H](NC(=O)c2c3nc4c(C(=O)N[C@@H]5C(=O)N[C@H]([C@H](C)CC)C(=O)N6CCC[C@H]6C(=O)N(C)CC(=O)N[C@H]([C@H](C)CC)C(=O)O[C@@H]5C)ccc(C)c4oc-3c(C)c(=O)c2N)[C@@H](C)OC1=O. The van der Waals surface area contributed by atoms with Gasteiger partial charge in [0.15, 0.2) is 11.3 Å². The molecule has 92 heavy (non-hydrogen) atoms. The van der Waals surface area contributed by atoms with Gasteiger partial charge in [0.1, 0.15) is 71.8 Å². The van der Waals surface area contributed by atoms with Crippen molar-refractivity contribution in [1.82, 2.24) is 56.5 Å². The number of cyclic esters (lactones) is 2. The Morgan fingerprint density at radius 1 is 0.609 bits per heavy atom. The Kier molecular flexibility index (Phi) is 22.8. The van der Waals surface area contributed by atoms with Crippen LogP contribution in [0, 0.1) is 37.5 Å². The lowest BCUT2D eigenvalue weighted by Crippen LogP contribution is -2.61. The molecule has 7 rings (SSSR count). The predicted molar refractivity (Wildman–Crippen MR) is 335 cm³/mol. The molecule has 5 aliphatic heterocycles. The second-order valence-corrected chi connectivity index (χ2v) is 25.3. The van der Waals surface area contributed by atoms with Gasteiger partial charge in [-0.2, -0.15) is 0 Å². The number of hydrogen-bond acceptors (Lipinski definition) is 18. The fourth-order valence-electron chi connectivity index (χ4n) is 12.1. The average molecular weight is 1280 g/mol. The molecule has 0 saturated carbocycles. The molecule has 502 valence electrons. The zero-order valence-electron chi connectivity index (χ0n) is 55.1. The lowest BCUT2D eigenvalue weighted by molar-refractivity contribution is -0.158. The number of carbonyl (C=O) groups excluding carboxylic acids is 12. The lowest BCUT2D eigenvalue weighted by atomic mass is 9.96. The van der Waals surface area contributed by atoms with Gasteiger partial charge in [0.2, 0.25) is 52.7 Å². The van der Waals surface area contributed by atoms with Crippen LogP contribution in [-0.4, -0.2) is 196 Å². The van der Waals surface area contributed by atoms with Crippen molar-refractivity contribution in [2.75, 3.05) is 46.0 Å². The maximum Gasteiger partial charge on any atom is 0.329 e. The molecule has 5 heterocycles. The summed E-state index contributed by atoms with van der Waals surface area (Å²) in [4.78, 5) is 197. The van der Waals surface area contributed by atoms with Crippen LogP contribution in [-0.2, 0) is 57.4 Å². The van der Waals surface area contributed by atoms with Crippen molar-refractivity contribution in [2.24, 2.45) is 23.7 Å². The molecule has 1 aliphatic carbocycles. The molecule has 4 fully saturated rings. The Balaban J connectivity index is 1.33. The van der Waals surface area contributed by atoms with E-state index in [1.54, 1.807) is 62.3 Å². The van der Waals surface area contributed by atoms with Crippen LogP contribution < -0.4 is 43.1 Å². The first-order chi connectivity index (χ1) is 43.4. The molecule has 14 atom stereocenters.